The van der Waals surface area contributed by atoms with Crippen molar-refractivity contribution < 1.29 is 14.3 Å². The molecule has 16 heavy (non-hydrogen) atoms. The van der Waals surface area contributed by atoms with E-state index < -0.39 is 0 Å². The molecule has 1 aromatic carbocycles. The van der Waals surface area contributed by atoms with E-state index in [4.69, 9.17) is 10.5 Å². The highest BCUT2D eigenvalue weighted by molar-refractivity contribution is 5.71. The van der Waals surface area contributed by atoms with Crippen LogP contribution in [0.15, 0.2) is 18.2 Å². The molecular weight excluding hydrogens is 206 g/mol. The summed E-state index contributed by atoms with van der Waals surface area (Å²) >= 11 is 0. The van der Waals surface area contributed by atoms with E-state index in [2.05, 4.69) is 4.74 Å². The standard InChI is InChI=1S/C12H15NO3/c1-15-11(14)7-8-5-6-16-12-9(8)3-2-4-10(12)13/h2-4,8H,5-7,13H2,1H3. The van der Waals surface area contributed by atoms with Gasteiger partial charge in [0, 0.05) is 11.5 Å². The summed E-state index contributed by atoms with van der Waals surface area (Å²) in [5.74, 6) is 0.683. The molecule has 86 valence electrons. The second-order valence-corrected chi connectivity index (χ2v) is 3.88. The zero-order chi connectivity index (χ0) is 11.5. The number of benzene rings is 1. The van der Waals surface area contributed by atoms with Crippen LogP contribution in [-0.2, 0) is 9.53 Å². The predicted octanol–water partition coefficient (Wildman–Crippen LogP) is 1.70. The Balaban J connectivity index is 2.26. The smallest absolute Gasteiger partial charge is 0.306 e. The van der Waals surface area contributed by atoms with Crippen LogP contribution in [0.3, 0.4) is 0 Å². The largest absolute Gasteiger partial charge is 0.491 e. The summed E-state index contributed by atoms with van der Waals surface area (Å²) in [4.78, 5) is 11.3. The topological polar surface area (TPSA) is 61.5 Å². The minimum Gasteiger partial charge on any atom is -0.491 e. The number of hydrogen-bond acceptors (Lipinski definition) is 4. The second kappa shape index (κ2) is 4.43. The van der Waals surface area contributed by atoms with E-state index in [0.29, 0.717) is 18.7 Å². The average molecular weight is 221 g/mol. The molecule has 1 unspecified atom stereocenters. The number of anilines is 1. The maximum atomic E-state index is 11.3. The van der Waals surface area contributed by atoms with Gasteiger partial charge in [0.25, 0.3) is 0 Å². The molecule has 2 rings (SSSR count). The quantitative estimate of drug-likeness (QED) is 0.610. The monoisotopic (exact) mass is 221 g/mol. The Kier molecular flexibility index (Phi) is 2.99. The Hall–Kier alpha value is -1.71. The van der Waals surface area contributed by atoms with Gasteiger partial charge in [0.15, 0.2) is 0 Å². The Morgan fingerprint density at radius 3 is 3.19 bits per heavy atom. The van der Waals surface area contributed by atoms with Crippen LogP contribution in [0.2, 0.25) is 0 Å². The number of hydrogen-bond donors (Lipinski definition) is 1. The van der Waals surface area contributed by atoms with Gasteiger partial charge in [-0.1, -0.05) is 12.1 Å². The summed E-state index contributed by atoms with van der Waals surface area (Å²) in [6.45, 7) is 0.600. The summed E-state index contributed by atoms with van der Waals surface area (Å²) in [5.41, 5.74) is 7.47. The molecule has 0 bridgehead atoms. The molecule has 4 heteroatoms. The van der Waals surface area contributed by atoms with Gasteiger partial charge in [-0.3, -0.25) is 4.79 Å². The molecule has 1 aromatic rings. The van der Waals surface area contributed by atoms with Crippen molar-refractivity contribution in [2.24, 2.45) is 0 Å². The maximum absolute atomic E-state index is 11.3. The Bertz CT molecular complexity index is 403. The molecule has 2 N–H and O–H groups in total. The fraction of sp³-hybridized carbons (Fsp3) is 0.417. The molecule has 0 radical (unpaired) electrons. The van der Waals surface area contributed by atoms with Crippen molar-refractivity contribution in [3.05, 3.63) is 23.8 Å². The van der Waals surface area contributed by atoms with Crippen molar-refractivity contribution in [1.29, 1.82) is 0 Å². The van der Waals surface area contributed by atoms with E-state index >= 15 is 0 Å². The lowest BCUT2D eigenvalue weighted by Crippen LogP contribution is -2.18. The highest BCUT2D eigenvalue weighted by atomic mass is 16.5. The van der Waals surface area contributed by atoms with Crippen LogP contribution in [0.4, 0.5) is 5.69 Å². The number of nitrogens with two attached hydrogens (primary N) is 1. The number of carbonyl (C=O) groups is 1. The number of fused-ring (bicyclic) bond motifs is 1. The fourth-order valence-electron chi connectivity index (χ4n) is 2.02. The first kappa shape index (κ1) is 10.8. The lowest BCUT2D eigenvalue weighted by molar-refractivity contribution is -0.141. The van der Waals surface area contributed by atoms with Gasteiger partial charge in [0.1, 0.15) is 5.75 Å². The molecule has 0 aliphatic carbocycles. The van der Waals surface area contributed by atoms with Gasteiger partial charge in [0.05, 0.1) is 25.8 Å². The molecule has 0 fully saturated rings. The Morgan fingerprint density at radius 1 is 1.62 bits per heavy atom. The van der Waals surface area contributed by atoms with Gasteiger partial charge in [-0.15, -0.1) is 0 Å². The van der Waals surface area contributed by atoms with E-state index in [0.717, 1.165) is 17.7 Å². The number of ether oxygens (including phenoxy) is 2. The minimum atomic E-state index is -0.194. The van der Waals surface area contributed by atoms with Crippen molar-refractivity contribution in [2.45, 2.75) is 18.8 Å². The first-order valence-corrected chi connectivity index (χ1v) is 5.30. The summed E-state index contributed by atoms with van der Waals surface area (Å²) < 4.78 is 10.2. The Labute approximate surface area is 94.3 Å². The summed E-state index contributed by atoms with van der Waals surface area (Å²) in [7, 11) is 1.40. The van der Waals surface area contributed by atoms with Crippen LogP contribution in [0.1, 0.15) is 24.3 Å². The second-order valence-electron chi connectivity index (χ2n) is 3.88. The van der Waals surface area contributed by atoms with Gasteiger partial charge < -0.3 is 15.2 Å². The van der Waals surface area contributed by atoms with Gasteiger partial charge in [-0.2, -0.15) is 0 Å². The van der Waals surface area contributed by atoms with Gasteiger partial charge in [-0.25, -0.2) is 0 Å². The number of esters is 1. The summed E-state index contributed by atoms with van der Waals surface area (Å²) in [5, 5.41) is 0. The fourth-order valence-corrected chi connectivity index (χ4v) is 2.02. The van der Waals surface area contributed by atoms with Crippen molar-refractivity contribution in [2.75, 3.05) is 19.5 Å². The van der Waals surface area contributed by atoms with Crippen LogP contribution < -0.4 is 10.5 Å². The van der Waals surface area contributed by atoms with Gasteiger partial charge in [-0.05, 0) is 12.5 Å². The van der Waals surface area contributed by atoms with Crippen molar-refractivity contribution in [3.63, 3.8) is 0 Å². The average Bonchev–Trinajstić information content (AvgIpc) is 2.30. The normalized spacial score (nSPS) is 18.4. The van der Waals surface area contributed by atoms with E-state index in [-0.39, 0.29) is 11.9 Å². The van der Waals surface area contributed by atoms with Crippen LogP contribution in [0.5, 0.6) is 5.75 Å². The maximum Gasteiger partial charge on any atom is 0.306 e. The molecular formula is C12H15NO3. The number of para-hydroxylation sites is 1. The van der Waals surface area contributed by atoms with E-state index in [1.165, 1.54) is 7.11 Å². The van der Waals surface area contributed by atoms with Crippen LogP contribution in [-0.4, -0.2) is 19.7 Å². The first-order chi connectivity index (χ1) is 7.72. The number of methoxy groups -OCH3 is 1. The van der Waals surface area contributed by atoms with Crippen LogP contribution in [0, 0.1) is 0 Å². The van der Waals surface area contributed by atoms with Crippen molar-refractivity contribution in [1.82, 2.24) is 0 Å². The van der Waals surface area contributed by atoms with Gasteiger partial charge in [0.2, 0.25) is 0 Å². The SMILES string of the molecule is COC(=O)CC1CCOc2c(N)cccc21. The predicted molar refractivity (Wildman–Crippen MR) is 60.3 cm³/mol. The number of nitrogen functional groups attached to an aromatic ring is 1. The molecule has 4 nitrogen and oxygen atoms in total. The molecule has 1 aliphatic heterocycles. The zero-order valence-corrected chi connectivity index (χ0v) is 9.23. The van der Waals surface area contributed by atoms with Crippen LogP contribution in [0.25, 0.3) is 0 Å². The third-order valence-corrected chi connectivity index (χ3v) is 2.87. The summed E-state index contributed by atoms with van der Waals surface area (Å²) in [6, 6.07) is 5.64. The molecule has 0 aromatic heterocycles. The zero-order valence-electron chi connectivity index (χ0n) is 9.23. The van der Waals surface area contributed by atoms with Crippen molar-refractivity contribution >= 4 is 11.7 Å². The van der Waals surface area contributed by atoms with E-state index in [1.807, 2.05) is 12.1 Å². The molecule has 0 saturated carbocycles. The highest BCUT2D eigenvalue weighted by Gasteiger charge is 2.25. The summed E-state index contributed by atoms with van der Waals surface area (Å²) in [6.07, 6.45) is 1.21. The van der Waals surface area contributed by atoms with E-state index in [1.54, 1.807) is 6.07 Å². The first-order valence-electron chi connectivity index (χ1n) is 5.30. The van der Waals surface area contributed by atoms with Crippen molar-refractivity contribution in [3.8, 4) is 5.75 Å². The lowest BCUT2D eigenvalue weighted by Gasteiger charge is -2.26. The molecule has 1 heterocycles. The molecule has 1 aliphatic rings. The number of carbonyl (C=O) groups excluding carboxylic acids is 1. The molecule has 0 spiro atoms. The minimum absolute atomic E-state index is 0.152. The molecule has 0 saturated heterocycles. The molecule has 1 atom stereocenters. The number of rotatable bonds is 2. The Morgan fingerprint density at radius 2 is 2.44 bits per heavy atom. The lowest BCUT2D eigenvalue weighted by atomic mass is 9.90. The molecule has 0 amide bonds. The highest BCUT2D eigenvalue weighted by Crippen LogP contribution is 2.39. The van der Waals surface area contributed by atoms with Crippen LogP contribution >= 0.6 is 0 Å². The van der Waals surface area contributed by atoms with Gasteiger partial charge >= 0.3 is 5.97 Å². The van der Waals surface area contributed by atoms with E-state index in [9.17, 15) is 4.79 Å². The third-order valence-electron chi connectivity index (χ3n) is 2.87. The third kappa shape index (κ3) is 1.96.